The first kappa shape index (κ1) is 12.6. The SMILES string of the molecule is CN(C)C(=O)CCNc1nc2ccc(Cl)cn2n1. The fourth-order valence-electron chi connectivity index (χ4n) is 1.44. The monoisotopic (exact) mass is 267 g/mol. The van der Waals surface area contributed by atoms with Crippen LogP contribution in [0.5, 0.6) is 0 Å². The molecule has 0 aliphatic carbocycles. The third kappa shape index (κ3) is 2.89. The number of carbonyl (C=O) groups is 1. The fraction of sp³-hybridized carbons (Fsp3) is 0.364. The van der Waals surface area contributed by atoms with Crippen LogP contribution in [0.1, 0.15) is 6.42 Å². The molecule has 6 nitrogen and oxygen atoms in total. The van der Waals surface area contributed by atoms with Crippen LogP contribution < -0.4 is 5.32 Å². The van der Waals surface area contributed by atoms with Gasteiger partial charge in [-0.1, -0.05) is 11.6 Å². The summed E-state index contributed by atoms with van der Waals surface area (Å²) in [4.78, 5) is 17.2. The molecule has 2 aromatic rings. The molecule has 2 aromatic heterocycles. The minimum atomic E-state index is 0.0642. The molecule has 0 unspecified atom stereocenters. The Kier molecular flexibility index (Phi) is 3.66. The Morgan fingerprint density at radius 2 is 2.28 bits per heavy atom. The van der Waals surface area contributed by atoms with Crippen molar-refractivity contribution in [2.75, 3.05) is 26.0 Å². The molecule has 7 heteroatoms. The van der Waals surface area contributed by atoms with E-state index in [2.05, 4.69) is 15.4 Å². The van der Waals surface area contributed by atoms with Gasteiger partial charge in [-0.15, -0.1) is 5.10 Å². The van der Waals surface area contributed by atoms with E-state index in [9.17, 15) is 4.79 Å². The van der Waals surface area contributed by atoms with E-state index < -0.39 is 0 Å². The zero-order chi connectivity index (χ0) is 13.1. The Morgan fingerprint density at radius 3 is 3.00 bits per heavy atom. The van der Waals surface area contributed by atoms with Gasteiger partial charge in [0.1, 0.15) is 0 Å². The highest BCUT2D eigenvalue weighted by Gasteiger charge is 2.06. The third-order valence-corrected chi connectivity index (χ3v) is 2.64. The number of anilines is 1. The van der Waals surface area contributed by atoms with Crippen molar-refractivity contribution in [2.45, 2.75) is 6.42 Å². The smallest absolute Gasteiger partial charge is 0.243 e. The Balaban J connectivity index is 1.98. The van der Waals surface area contributed by atoms with Crippen molar-refractivity contribution in [3.05, 3.63) is 23.4 Å². The summed E-state index contributed by atoms with van der Waals surface area (Å²) >= 11 is 5.85. The second-order valence-corrected chi connectivity index (χ2v) is 4.49. The minimum absolute atomic E-state index is 0.0642. The highest BCUT2D eigenvalue weighted by molar-refractivity contribution is 6.30. The van der Waals surface area contributed by atoms with Gasteiger partial charge < -0.3 is 10.2 Å². The van der Waals surface area contributed by atoms with Crippen molar-refractivity contribution >= 4 is 29.1 Å². The van der Waals surface area contributed by atoms with Gasteiger partial charge in [0.15, 0.2) is 5.65 Å². The lowest BCUT2D eigenvalue weighted by molar-refractivity contribution is -0.128. The van der Waals surface area contributed by atoms with Crippen LogP contribution >= 0.6 is 11.6 Å². The van der Waals surface area contributed by atoms with Crippen LogP contribution in [0.2, 0.25) is 5.02 Å². The average Bonchev–Trinajstić information content (AvgIpc) is 2.70. The molecule has 0 aliphatic heterocycles. The number of aromatic nitrogens is 3. The van der Waals surface area contributed by atoms with Crippen LogP contribution in [-0.2, 0) is 4.79 Å². The van der Waals surface area contributed by atoms with E-state index in [0.29, 0.717) is 29.6 Å². The number of halogens is 1. The number of hydrogen-bond donors (Lipinski definition) is 1. The Bertz CT molecular complexity index is 566. The summed E-state index contributed by atoms with van der Waals surface area (Å²) in [6.45, 7) is 0.502. The molecule has 0 bridgehead atoms. The summed E-state index contributed by atoms with van der Waals surface area (Å²) in [5.74, 6) is 0.554. The predicted molar refractivity (Wildman–Crippen MR) is 69.8 cm³/mol. The summed E-state index contributed by atoms with van der Waals surface area (Å²) in [6.07, 6.45) is 2.09. The van der Waals surface area contributed by atoms with Crippen molar-refractivity contribution in [2.24, 2.45) is 0 Å². The van der Waals surface area contributed by atoms with Crippen molar-refractivity contribution in [3.8, 4) is 0 Å². The van der Waals surface area contributed by atoms with Crippen molar-refractivity contribution in [1.82, 2.24) is 19.5 Å². The maximum atomic E-state index is 11.4. The van der Waals surface area contributed by atoms with Crippen LogP contribution in [0.4, 0.5) is 5.95 Å². The molecule has 0 aromatic carbocycles. The second-order valence-electron chi connectivity index (χ2n) is 4.05. The average molecular weight is 268 g/mol. The number of amides is 1. The van der Waals surface area contributed by atoms with E-state index in [4.69, 9.17) is 11.6 Å². The number of fused-ring (bicyclic) bond motifs is 1. The standard InChI is InChI=1S/C11H14ClN5O/c1-16(2)10(18)5-6-13-11-14-9-4-3-8(12)7-17(9)15-11/h3-4,7H,5-6H2,1-2H3,(H,13,15). The lowest BCUT2D eigenvalue weighted by Crippen LogP contribution is -2.24. The number of hydrogen-bond acceptors (Lipinski definition) is 4. The third-order valence-electron chi connectivity index (χ3n) is 2.42. The molecule has 1 N–H and O–H groups in total. The van der Waals surface area contributed by atoms with Crippen LogP contribution in [0.15, 0.2) is 18.3 Å². The van der Waals surface area contributed by atoms with Gasteiger partial charge in [0.2, 0.25) is 11.9 Å². The number of pyridine rings is 1. The topological polar surface area (TPSA) is 62.5 Å². The molecule has 2 rings (SSSR count). The van der Waals surface area contributed by atoms with E-state index >= 15 is 0 Å². The molecule has 0 saturated heterocycles. The molecule has 18 heavy (non-hydrogen) atoms. The molecule has 2 heterocycles. The molecule has 1 amide bonds. The minimum Gasteiger partial charge on any atom is -0.352 e. The zero-order valence-corrected chi connectivity index (χ0v) is 11.0. The van der Waals surface area contributed by atoms with Crippen LogP contribution in [0.3, 0.4) is 0 Å². The van der Waals surface area contributed by atoms with E-state index in [1.807, 2.05) is 0 Å². The van der Waals surface area contributed by atoms with Crippen molar-refractivity contribution < 1.29 is 4.79 Å². The normalized spacial score (nSPS) is 10.6. The summed E-state index contributed by atoms with van der Waals surface area (Å²) in [7, 11) is 3.46. The van der Waals surface area contributed by atoms with E-state index in [0.717, 1.165) is 0 Å². The van der Waals surface area contributed by atoms with Gasteiger partial charge in [0, 0.05) is 33.3 Å². The quantitative estimate of drug-likeness (QED) is 0.906. The molecular weight excluding hydrogens is 254 g/mol. The number of nitrogens with zero attached hydrogens (tertiary/aromatic N) is 4. The zero-order valence-electron chi connectivity index (χ0n) is 10.2. The number of carbonyl (C=O) groups excluding carboxylic acids is 1. The molecule has 0 saturated carbocycles. The first-order chi connectivity index (χ1) is 8.56. The lowest BCUT2D eigenvalue weighted by Gasteiger charge is -2.09. The van der Waals surface area contributed by atoms with Gasteiger partial charge >= 0.3 is 0 Å². The van der Waals surface area contributed by atoms with Gasteiger partial charge in [-0.2, -0.15) is 4.98 Å². The summed E-state index contributed by atoms with van der Waals surface area (Å²) < 4.78 is 1.60. The molecule has 0 atom stereocenters. The van der Waals surface area contributed by atoms with E-state index in [-0.39, 0.29) is 5.91 Å². The molecule has 0 aliphatic rings. The largest absolute Gasteiger partial charge is 0.352 e. The fourth-order valence-corrected chi connectivity index (χ4v) is 1.59. The second kappa shape index (κ2) is 5.22. The Labute approximate surface area is 110 Å². The van der Waals surface area contributed by atoms with E-state index in [1.54, 1.807) is 41.8 Å². The van der Waals surface area contributed by atoms with Crippen molar-refractivity contribution in [1.29, 1.82) is 0 Å². The highest BCUT2D eigenvalue weighted by atomic mass is 35.5. The van der Waals surface area contributed by atoms with Crippen molar-refractivity contribution in [3.63, 3.8) is 0 Å². The number of nitrogens with one attached hydrogen (secondary N) is 1. The summed E-state index contributed by atoms with van der Waals surface area (Å²) in [5, 5.41) is 7.80. The molecule has 0 radical (unpaired) electrons. The Hall–Kier alpha value is -1.82. The Morgan fingerprint density at radius 1 is 1.50 bits per heavy atom. The number of rotatable bonds is 4. The van der Waals surface area contributed by atoms with Gasteiger partial charge in [0.25, 0.3) is 0 Å². The van der Waals surface area contributed by atoms with E-state index in [1.165, 1.54) is 0 Å². The molecule has 0 spiro atoms. The summed E-state index contributed by atoms with van der Waals surface area (Å²) in [6, 6.07) is 3.54. The van der Waals surface area contributed by atoms with Crippen LogP contribution in [0, 0.1) is 0 Å². The van der Waals surface area contributed by atoms with Gasteiger partial charge in [0.05, 0.1) is 5.02 Å². The van der Waals surface area contributed by atoms with Crippen LogP contribution in [-0.4, -0.2) is 46.0 Å². The van der Waals surface area contributed by atoms with Gasteiger partial charge in [-0.3, -0.25) is 4.79 Å². The first-order valence-electron chi connectivity index (χ1n) is 5.52. The summed E-state index contributed by atoms with van der Waals surface area (Å²) in [5.41, 5.74) is 0.709. The van der Waals surface area contributed by atoms with Crippen LogP contribution in [0.25, 0.3) is 5.65 Å². The maximum Gasteiger partial charge on any atom is 0.243 e. The van der Waals surface area contributed by atoms with Gasteiger partial charge in [-0.25, -0.2) is 4.52 Å². The predicted octanol–water partition coefficient (Wildman–Crippen LogP) is 1.27. The lowest BCUT2D eigenvalue weighted by atomic mass is 10.4. The highest BCUT2D eigenvalue weighted by Crippen LogP contribution is 2.11. The first-order valence-corrected chi connectivity index (χ1v) is 5.90. The van der Waals surface area contributed by atoms with Gasteiger partial charge in [-0.05, 0) is 12.1 Å². The maximum absolute atomic E-state index is 11.4. The molecular formula is C11H14ClN5O. The molecule has 96 valence electrons. The molecule has 0 fully saturated rings.